The predicted molar refractivity (Wildman–Crippen MR) is 112 cm³/mol. The van der Waals surface area contributed by atoms with Gasteiger partial charge in [0.15, 0.2) is 22.5 Å². The number of methoxy groups -OCH3 is 2. The molecule has 140 valence electrons. The second-order valence-corrected chi connectivity index (χ2v) is 7.55. The van der Waals surface area contributed by atoms with Crippen LogP contribution in [0.15, 0.2) is 64.7 Å². The number of aromatic nitrogens is 3. The van der Waals surface area contributed by atoms with Crippen LogP contribution in [0.3, 0.4) is 0 Å². The van der Waals surface area contributed by atoms with Crippen LogP contribution in [0.4, 0.5) is 0 Å². The average molecular weight is 446 g/mol. The van der Waals surface area contributed by atoms with Crippen LogP contribution in [0.2, 0.25) is 0 Å². The van der Waals surface area contributed by atoms with Crippen molar-refractivity contribution in [2.45, 2.75) is 17.5 Å². The van der Waals surface area contributed by atoms with Gasteiger partial charge in [0.25, 0.3) is 0 Å². The third-order valence-corrected chi connectivity index (χ3v) is 5.51. The molecular weight excluding hydrogens is 426 g/mol. The number of halogens is 1. The minimum atomic E-state index is 0.646. The molecule has 0 aliphatic rings. The molecule has 0 saturated heterocycles. The highest BCUT2D eigenvalue weighted by Gasteiger charge is 2.14. The van der Waals surface area contributed by atoms with Crippen LogP contribution in [0.25, 0.3) is 11.4 Å². The van der Waals surface area contributed by atoms with Gasteiger partial charge in [-0.2, -0.15) is 0 Å². The monoisotopic (exact) mass is 445 g/mol. The molecule has 5 nitrogen and oxygen atoms in total. The summed E-state index contributed by atoms with van der Waals surface area (Å²) in [6, 6.07) is 14.0. The minimum Gasteiger partial charge on any atom is -0.493 e. The zero-order chi connectivity index (χ0) is 19.2. The summed E-state index contributed by atoms with van der Waals surface area (Å²) in [5.74, 6) is 3.02. The Balaban J connectivity index is 1.83. The summed E-state index contributed by atoms with van der Waals surface area (Å²) in [4.78, 5) is 0. The molecule has 1 aromatic heterocycles. The second-order valence-electron chi connectivity index (χ2n) is 5.69. The van der Waals surface area contributed by atoms with Gasteiger partial charge >= 0.3 is 0 Å². The Kier molecular flexibility index (Phi) is 6.58. The van der Waals surface area contributed by atoms with Crippen LogP contribution >= 0.6 is 27.7 Å². The van der Waals surface area contributed by atoms with Gasteiger partial charge in [-0.3, -0.25) is 4.57 Å². The first kappa shape index (κ1) is 19.5. The number of rotatable bonds is 8. The first-order valence-corrected chi connectivity index (χ1v) is 10.1. The van der Waals surface area contributed by atoms with Crippen molar-refractivity contribution in [1.82, 2.24) is 14.8 Å². The molecule has 7 heteroatoms. The number of allylic oxidation sites excluding steroid dienone is 1. The van der Waals surface area contributed by atoms with E-state index in [1.165, 1.54) is 0 Å². The first-order valence-electron chi connectivity index (χ1n) is 8.30. The lowest BCUT2D eigenvalue weighted by molar-refractivity contribution is 0.354. The molecule has 3 aromatic rings. The molecule has 0 bridgehead atoms. The van der Waals surface area contributed by atoms with Crippen LogP contribution in [-0.2, 0) is 12.3 Å². The fourth-order valence-electron chi connectivity index (χ4n) is 2.62. The molecule has 0 atom stereocenters. The van der Waals surface area contributed by atoms with Crippen molar-refractivity contribution in [3.8, 4) is 22.9 Å². The molecule has 0 N–H and O–H groups in total. The normalized spacial score (nSPS) is 10.6. The molecule has 3 rings (SSSR count). The Morgan fingerprint density at radius 1 is 1.07 bits per heavy atom. The van der Waals surface area contributed by atoms with Gasteiger partial charge in [-0.05, 0) is 29.8 Å². The summed E-state index contributed by atoms with van der Waals surface area (Å²) >= 11 is 5.09. The molecule has 0 saturated carbocycles. The number of benzene rings is 2. The summed E-state index contributed by atoms with van der Waals surface area (Å²) in [7, 11) is 3.27. The van der Waals surface area contributed by atoms with E-state index in [4.69, 9.17) is 9.47 Å². The van der Waals surface area contributed by atoms with Gasteiger partial charge in [0.2, 0.25) is 0 Å². The quantitative estimate of drug-likeness (QED) is 0.352. The molecule has 0 amide bonds. The fraction of sp³-hybridized carbons (Fsp3) is 0.200. The summed E-state index contributed by atoms with van der Waals surface area (Å²) < 4.78 is 13.8. The molecule has 0 radical (unpaired) electrons. The maximum atomic E-state index is 5.38. The Bertz CT molecular complexity index is 925. The van der Waals surface area contributed by atoms with Gasteiger partial charge in [-0.15, -0.1) is 16.8 Å². The van der Waals surface area contributed by atoms with Crippen LogP contribution in [0.1, 0.15) is 5.56 Å². The highest BCUT2D eigenvalue weighted by molar-refractivity contribution is 9.10. The van der Waals surface area contributed by atoms with Crippen LogP contribution in [0.5, 0.6) is 11.5 Å². The van der Waals surface area contributed by atoms with Gasteiger partial charge in [-0.1, -0.05) is 52.0 Å². The lowest BCUT2D eigenvalue weighted by Crippen LogP contribution is -2.00. The second kappa shape index (κ2) is 9.10. The zero-order valence-electron chi connectivity index (χ0n) is 15.2. The number of ether oxygens (including phenoxy) is 2. The van der Waals surface area contributed by atoms with Crippen molar-refractivity contribution < 1.29 is 9.47 Å². The minimum absolute atomic E-state index is 0.646. The maximum Gasteiger partial charge on any atom is 0.192 e. The summed E-state index contributed by atoms with van der Waals surface area (Å²) in [6.07, 6.45) is 1.85. The van der Waals surface area contributed by atoms with E-state index >= 15 is 0 Å². The summed E-state index contributed by atoms with van der Waals surface area (Å²) in [5.41, 5.74) is 2.14. The van der Waals surface area contributed by atoms with Crippen LogP contribution < -0.4 is 9.47 Å². The van der Waals surface area contributed by atoms with E-state index in [-0.39, 0.29) is 0 Å². The molecule has 0 aliphatic heterocycles. The van der Waals surface area contributed by atoms with E-state index in [9.17, 15) is 0 Å². The zero-order valence-corrected chi connectivity index (χ0v) is 17.6. The van der Waals surface area contributed by atoms with Gasteiger partial charge in [-0.25, -0.2) is 0 Å². The molecule has 0 spiro atoms. The standard InChI is InChI=1S/C20H20BrN3O2S/c1-4-11-24-19(15-6-8-16(21)9-7-15)22-23-20(24)27-13-14-5-10-17(25-2)18(12-14)26-3/h4-10,12H,1,11,13H2,2-3H3. The van der Waals surface area contributed by atoms with E-state index in [0.717, 1.165) is 43.8 Å². The Morgan fingerprint density at radius 3 is 2.48 bits per heavy atom. The van der Waals surface area contributed by atoms with Crippen molar-refractivity contribution in [2.75, 3.05) is 14.2 Å². The van der Waals surface area contributed by atoms with E-state index in [2.05, 4.69) is 37.3 Å². The number of thioether (sulfide) groups is 1. The van der Waals surface area contributed by atoms with Crippen molar-refractivity contribution in [3.63, 3.8) is 0 Å². The maximum absolute atomic E-state index is 5.38. The van der Waals surface area contributed by atoms with Crippen molar-refractivity contribution in [2.24, 2.45) is 0 Å². The lowest BCUT2D eigenvalue weighted by Gasteiger charge is -2.10. The highest BCUT2D eigenvalue weighted by Crippen LogP contribution is 2.31. The number of hydrogen-bond donors (Lipinski definition) is 0. The van der Waals surface area contributed by atoms with Gasteiger partial charge < -0.3 is 9.47 Å². The van der Waals surface area contributed by atoms with Gasteiger partial charge in [0.05, 0.1) is 14.2 Å². The van der Waals surface area contributed by atoms with E-state index in [1.54, 1.807) is 26.0 Å². The SMILES string of the molecule is C=CCn1c(SCc2ccc(OC)c(OC)c2)nnc1-c1ccc(Br)cc1. The third kappa shape index (κ3) is 4.54. The largest absolute Gasteiger partial charge is 0.493 e. The van der Waals surface area contributed by atoms with Gasteiger partial charge in [0.1, 0.15) is 0 Å². The van der Waals surface area contributed by atoms with Crippen LogP contribution in [0, 0.1) is 0 Å². The van der Waals surface area contributed by atoms with Crippen LogP contribution in [-0.4, -0.2) is 29.0 Å². The topological polar surface area (TPSA) is 49.2 Å². The fourth-order valence-corrected chi connectivity index (χ4v) is 3.78. The average Bonchev–Trinajstić information content (AvgIpc) is 3.09. The Morgan fingerprint density at radius 2 is 1.81 bits per heavy atom. The van der Waals surface area contributed by atoms with E-state index in [1.807, 2.05) is 48.5 Å². The Hall–Kier alpha value is -2.25. The smallest absolute Gasteiger partial charge is 0.192 e. The van der Waals surface area contributed by atoms with Gasteiger partial charge in [0, 0.05) is 22.3 Å². The van der Waals surface area contributed by atoms with Crippen molar-refractivity contribution >= 4 is 27.7 Å². The molecule has 0 fully saturated rings. The lowest BCUT2D eigenvalue weighted by atomic mass is 10.2. The molecule has 0 aliphatic carbocycles. The number of nitrogens with zero attached hydrogens (tertiary/aromatic N) is 3. The predicted octanol–water partition coefficient (Wildman–Crippen LogP) is 5.20. The third-order valence-electron chi connectivity index (χ3n) is 3.95. The summed E-state index contributed by atoms with van der Waals surface area (Å²) in [5, 5.41) is 9.63. The Labute approximate surface area is 171 Å². The van der Waals surface area contributed by atoms with Crippen molar-refractivity contribution in [3.05, 3.63) is 65.2 Å². The molecular formula is C20H20BrN3O2S. The number of hydrogen-bond acceptors (Lipinski definition) is 5. The highest BCUT2D eigenvalue weighted by atomic mass is 79.9. The molecule has 27 heavy (non-hydrogen) atoms. The molecule has 0 unspecified atom stereocenters. The van der Waals surface area contributed by atoms with E-state index in [0.29, 0.717) is 6.54 Å². The first-order chi connectivity index (χ1) is 13.2. The molecule has 1 heterocycles. The molecule has 2 aromatic carbocycles. The van der Waals surface area contributed by atoms with E-state index < -0.39 is 0 Å². The van der Waals surface area contributed by atoms with Crippen molar-refractivity contribution in [1.29, 1.82) is 0 Å². The summed E-state index contributed by atoms with van der Waals surface area (Å²) in [6.45, 7) is 4.51.